The van der Waals surface area contributed by atoms with E-state index < -0.39 is 59.3 Å². The fraction of sp³-hybridized carbons (Fsp3) is 0.583. The topological polar surface area (TPSA) is 279 Å². The average molecular weight is 551 g/mol. The lowest BCUT2D eigenvalue weighted by atomic mass is 9.94. The standard InChI is InChI=1S/C12H17FN5O13P3/c1-10(19)9(18-4-17-5-6(14)15-3-16-7(5)18)28-11(2-13)8(12(10,11)20)29-33(24,25)31-34(26,27)30-32(21,22)23/h3-4,8-9,19-20H,2H2,1H3,(H,24,25)(H,26,27)(H2,14,15,16)(H2,21,22,23)/t8?,9-,10+,11-,12+/m1/s1. The summed E-state index contributed by atoms with van der Waals surface area (Å²) in [6.07, 6.45) is -1.57. The van der Waals surface area contributed by atoms with Crippen molar-refractivity contribution < 1.29 is 65.8 Å². The molecule has 190 valence electrons. The van der Waals surface area contributed by atoms with Crippen LogP contribution in [0.4, 0.5) is 10.2 Å². The van der Waals surface area contributed by atoms with E-state index in [-0.39, 0.29) is 17.0 Å². The number of hydrogen-bond donors (Lipinski definition) is 7. The summed E-state index contributed by atoms with van der Waals surface area (Å²) < 4.78 is 66.8. The molecule has 0 amide bonds. The lowest BCUT2D eigenvalue weighted by Crippen LogP contribution is -2.48. The van der Waals surface area contributed by atoms with E-state index in [2.05, 4.69) is 28.1 Å². The number of nitrogens with two attached hydrogens (primary N) is 1. The molecule has 1 aliphatic carbocycles. The Morgan fingerprint density at radius 3 is 2.35 bits per heavy atom. The van der Waals surface area contributed by atoms with Crippen LogP contribution in [0.25, 0.3) is 11.2 Å². The third-order valence-electron chi connectivity index (χ3n) is 5.43. The van der Waals surface area contributed by atoms with Crippen molar-refractivity contribution in [2.45, 2.75) is 36.1 Å². The second kappa shape index (κ2) is 7.54. The second-order valence-electron chi connectivity index (χ2n) is 7.57. The number of aromatic nitrogens is 4. The molecule has 2 aromatic rings. The van der Waals surface area contributed by atoms with E-state index in [0.29, 0.717) is 0 Å². The minimum Gasteiger partial charge on any atom is -0.382 e. The fourth-order valence-electron chi connectivity index (χ4n) is 3.97. The molecular weight excluding hydrogens is 534 g/mol. The number of rotatable bonds is 8. The summed E-state index contributed by atoms with van der Waals surface area (Å²) in [5.41, 5.74) is -1.88. The van der Waals surface area contributed by atoms with Gasteiger partial charge in [-0.2, -0.15) is 8.62 Å². The first-order valence-electron chi connectivity index (χ1n) is 8.84. The van der Waals surface area contributed by atoms with Gasteiger partial charge in [0.2, 0.25) is 0 Å². The molecule has 7 atom stereocenters. The summed E-state index contributed by atoms with van der Waals surface area (Å²) in [5.74, 6) is -0.0315. The summed E-state index contributed by atoms with van der Waals surface area (Å²) in [5, 5.41) is 22.1. The SMILES string of the molecule is C[C@]1(O)[C@H](n2cnc3c(N)ncnc32)O[C@]2(CF)C(OP(=O)(O)OP(=O)(O)OP(=O)(O)O)[C@]12O. The highest BCUT2D eigenvalue weighted by Crippen LogP contribution is 2.74. The summed E-state index contributed by atoms with van der Waals surface area (Å²) in [4.78, 5) is 47.8. The third-order valence-corrected chi connectivity index (χ3v) is 9.24. The van der Waals surface area contributed by atoms with E-state index in [4.69, 9.17) is 20.3 Å². The zero-order valence-corrected chi connectivity index (χ0v) is 19.3. The maximum absolute atomic E-state index is 14.1. The van der Waals surface area contributed by atoms with Gasteiger partial charge in [0.15, 0.2) is 28.9 Å². The lowest BCUT2D eigenvalue weighted by molar-refractivity contribution is -0.163. The first-order chi connectivity index (χ1) is 15.4. The van der Waals surface area contributed by atoms with Gasteiger partial charge >= 0.3 is 23.5 Å². The van der Waals surface area contributed by atoms with Crippen LogP contribution in [0.3, 0.4) is 0 Å². The molecule has 3 unspecified atom stereocenters. The highest BCUT2D eigenvalue weighted by molar-refractivity contribution is 7.66. The van der Waals surface area contributed by atoms with E-state index in [1.54, 1.807) is 0 Å². The zero-order chi connectivity index (χ0) is 25.5. The minimum atomic E-state index is -5.88. The van der Waals surface area contributed by atoms with E-state index in [1.165, 1.54) is 0 Å². The van der Waals surface area contributed by atoms with E-state index in [0.717, 1.165) is 24.1 Å². The first-order valence-corrected chi connectivity index (χ1v) is 13.4. The van der Waals surface area contributed by atoms with Gasteiger partial charge in [0.05, 0.1) is 6.33 Å². The average Bonchev–Trinajstić information content (AvgIpc) is 2.93. The number of phosphoric acid groups is 3. The minimum absolute atomic E-state index is 0.0288. The molecule has 1 saturated heterocycles. The van der Waals surface area contributed by atoms with Gasteiger partial charge in [-0.3, -0.25) is 9.09 Å². The number of fused-ring (bicyclic) bond motifs is 2. The van der Waals surface area contributed by atoms with Crippen molar-refractivity contribution >= 4 is 40.4 Å². The van der Waals surface area contributed by atoms with Crippen LogP contribution in [-0.2, 0) is 31.6 Å². The largest absolute Gasteiger partial charge is 0.490 e. The molecule has 2 fully saturated rings. The molecule has 0 aromatic carbocycles. The summed E-state index contributed by atoms with van der Waals surface area (Å²) in [7, 11) is -17.3. The van der Waals surface area contributed by atoms with Crippen molar-refractivity contribution in [2.75, 3.05) is 12.4 Å². The predicted octanol–water partition coefficient (Wildman–Crippen LogP) is -1.15. The van der Waals surface area contributed by atoms with Crippen molar-refractivity contribution in [1.29, 1.82) is 0 Å². The molecule has 1 aliphatic heterocycles. The van der Waals surface area contributed by atoms with Crippen LogP contribution < -0.4 is 5.73 Å². The van der Waals surface area contributed by atoms with Gasteiger partial charge in [-0.05, 0) is 6.92 Å². The molecule has 1 saturated carbocycles. The van der Waals surface area contributed by atoms with Crippen molar-refractivity contribution in [3.05, 3.63) is 12.7 Å². The Labute approximate surface area is 187 Å². The van der Waals surface area contributed by atoms with Crippen molar-refractivity contribution in [3.63, 3.8) is 0 Å². The molecule has 8 N–H and O–H groups in total. The maximum Gasteiger partial charge on any atom is 0.490 e. The molecule has 2 aliphatic rings. The highest BCUT2D eigenvalue weighted by Gasteiger charge is 2.93. The Kier molecular flexibility index (Phi) is 5.69. The normalized spacial score (nSPS) is 36.7. The monoisotopic (exact) mass is 551 g/mol. The molecule has 22 heteroatoms. The van der Waals surface area contributed by atoms with Gasteiger partial charge in [-0.25, -0.2) is 33.0 Å². The number of halogens is 1. The smallest absolute Gasteiger partial charge is 0.382 e. The quantitative estimate of drug-likeness (QED) is 0.191. The van der Waals surface area contributed by atoms with Crippen LogP contribution >= 0.6 is 23.5 Å². The number of nitrogen functional groups attached to an aromatic ring is 1. The zero-order valence-electron chi connectivity index (χ0n) is 16.6. The first kappa shape index (κ1) is 25.7. The van der Waals surface area contributed by atoms with Crippen molar-refractivity contribution in [2.24, 2.45) is 0 Å². The Hall–Kier alpha value is -1.43. The molecule has 2 aromatic heterocycles. The molecule has 0 spiro atoms. The molecule has 4 rings (SSSR count). The molecular formula is C12H17FN5O13P3. The van der Waals surface area contributed by atoms with Gasteiger partial charge in [-0.15, -0.1) is 0 Å². The van der Waals surface area contributed by atoms with Crippen molar-refractivity contribution in [3.8, 4) is 0 Å². The summed E-state index contributed by atoms with van der Waals surface area (Å²) in [6.45, 7) is -0.619. The number of aliphatic hydroxyl groups is 2. The van der Waals surface area contributed by atoms with Gasteiger partial charge in [0.25, 0.3) is 0 Å². The van der Waals surface area contributed by atoms with Crippen LogP contribution in [-0.4, -0.2) is 78.9 Å². The van der Waals surface area contributed by atoms with Crippen LogP contribution in [0.15, 0.2) is 12.7 Å². The predicted molar refractivity (Wildman–Crippen MR) is 103 cm³/mol. The van der Waals surface area contributed by atoms with Gasteiger partial charge < -0.3 is 40.3 Å². The van der Waals surface area contributed by atoms with E-state index >= 15 is 0 Å². The Balaban J connectivity index is 1.62. The number of imidazole rings is 1. The van der Waals surface area contributed by atoms with Gasteiger partial charge in [0, 0.05) is 0 Å². The van der Waals surface area contributed by atoms with Crippen LogP contribution in [0.5, 0.6) is 0 Å². The van der Waals surface area contributed by atoms with Crippen molar-refractivity contribution in [1.82, 2.24) is 19.5 Å². The summed E-state index contributed by atoms with van der Waals surface area (Å²) >= 11 is 0. The Morgan fingerprint density at radius 1 is 1.15 bits per heavy atom. The summed E-state index contributed by atoms with van der Waals surface area (Å²) in [6, 6.07) is 0. The molecule has 3 heterocycles. The molecule has 18 nitrogen and oxygen atoms in total. The maximum atomic E-state index is 14.1. The number of phosphoric ester groups is 1. The number of nitrogens with zero attached hydrogens (tertiary/aromatic N) is 4. The number of ether oxygens (including phenoxy) is 1. The van der Waals surface area contributed by atoms with E-state index in [1.807, 2.05) is 0 Å². The number of hydrogen-bond acceptors (Lipinski definition) is 13. The van der Waals surface area contributed by atoms with Gasteiger partial charge in [-0.1, -0.05) is 0 Å². The number of anilines is 1. The second-order valence-corrected chi connectivity index (χ2v) is 11.9. The van der Waals surface area contributed by atoms with Crippen LogP contribution in [0.2, 0.25) is 0 Å². The molecule has 0 bridgehead atoms. The van der Waals surface area contributed by atoms with Crippen LogP contribution in [0.1, 0.15) is 13.2 Å². The fourth-order valence-corrected chi connectivity index (χ4v) is 7.22. The number of alkyl halides is 1. The van der Waals surface area contributed by atoms with Gasteiger partial charge in [0.1, 0.15) is 30.2 Å². The Bertz CT molecular complexity index is 1300. The van der Waals surface area contributed by atoms with E-state index in [9.17, 15) is 38.1 Å². The lowest BCUT2D eigenvalue weighted by Gasteiger charge is -2.33. The highest BCUT2D eigenvalue weighted by atomic mass is 31.3. The molecule has 34 heavy (non-hydrogen) atoms. The van der Waals surface area contributed by atoms with Crippen LogP contribution in [0, 0.1) is 0 Å². The third kappa shape index (κ3) is 3.74. The Morgan fingerprint density at radius 2 is 1.79 bits per heavy atom. The molecule has 0 radical (unpaired) electrons.